The van der Waals surface area contributed by atoms with E-state index in [1.54, 1.807) is 0 Å². The van der Waals surface area contributed by atoms with Crippen molar-refractivity contribution in [2.45, 2.75) is 44.8 Å². The van der Waals surface area contributed by atoms with Crippen molar-refractivity contribution in [1.82, 2.24) is 5.32 Å². The summed E-state index contributed by atoms with van der Waals surface area (Å²) < 4.78 is 38.7. The molecule has 1 unspecified atom stereocenters. The third-order valence-electron chi connectivity index (χ3n) is 4.05. The lowest BCUT2D eigenvalue weighted by molar-refractivity contribution is -0.137. The molecule has 1 saturated carbocycles. The fourth-order valence-corrected chi connectivity index (χ4v) is 3.17. The summed E-state index contributed by atoms with van der Waals surface area (Å²) in [6, 6.07) is 2.42. The number of anilines is 1. The third-order valence-corrected chi connectivity index (χ3v) is 4.38. The molecule has 0 spiro atoms. The molecule has 8 heteroatoms. The summed E-state index contributed by atoms with van der Waals surface area (Å²) >= 11 is 5.56. The maximum Gasteiger partial charge on any atom is 0.417 e. The van der Waals surface area contributed by atoms with E-state index in [1.807, 2.05) is 0 Å². The van der Waals surface area contributed by atoms with Crippen LogP contribution in [0.25, 0.3) is 0 Å². The monoisotopic (exact) mass is 362 g/mol. The van der Waals surface area contributed by atoms with Crippen LogP contribution in [0.1, 0.15) is 38.2 Å². The first-order valence-corrected chi connectivity index (χ1v) is 8.01. The van der Waals surface area contributed by atoms with E-state index in [0.29, 0.717) is 0 Å². The van der Waals surface area contributed by atoms with Crippen LogP contribution in [0.3, 0.4) is 0 Å². The Balaban J connectivity index is 2.18. The molecule has 0 saturated heterocycles. The lowest BCUT2D eigenvalue weighted by atomic mass is 9.97. The highest BCUT2D eigenvalue weighted by Gasteiger charge is 2.34. The van der Waals surface area contributed by atoms with Gasteiger partial charge in [0.05, 0.1) is 10.6 Å². The average molecular weight is 363 g/mol. The molecule has 1 aromatic rings. The van der Waals surface area contributed by atoms with Gasteiger partial charge in [0.25, 0.3) is 0 Å². The highest BCUT2D eigenvalue weighted by molar-refractivity contribution is 6.31. The normalized spacial score (nSPS) is 16.7. The van der Waals surface area contributed by atoms with Gasteiger partial charge in [-0.25, -0.2) is 0 Å². The summed E-state index contributed by atoms with van der Waals surface area (Å²) in [4.78, 5) is 23.8. The Morgan fingerprint density at radius 3 is 2.42 bits per heavy atom. The van der Waals surface area contributed by atoms with Crippen LogP contribution >= 0.6 is 11.6 Å². The molecule has 0 aromatic heterocycles. The second kappa shape index (κ2) is 7.42. The van der Waals surface area contributed by atoms with E-state index in [9.17, 15) is 22.8 Å². The van der Waals surface area contributed by atoms with Gasteiger partial charge >= 0.3 is 6.18 Å². The first kappa shape index (κ1) is 18.6. The maximum absolute atomic E-state index is 12.9. The SMILES string of the molecule is CC(=O)NC(C(=O)Nc1ccc(Cl)c(C(F)(F)F)c1)C1CCCC1. The molecule has 1 aromatic carbocycles. The Morgan fingerprint density at radius 1 is 1.25 bits per heavy atom. The summed E-state index contributed by atoms with van der Waals surface area (Å²) in [5.74, 6) is -0.884. The highest BCUT2D eigenvalue weighted by Crippen LogP contribution is 2.36. The third kappa shape index (κ3) is 4.63. The van der Waals surface area contributed by atoms with Crippen LogP contribution < -0.4 is 10.6 Å². The van der Waals surface area contributed by atoms with Gasteiger partial charge in [-0.1, -0.05) is 24.4 Å². The summed E-state index contributed by atoms with van der Waals surface area (Å²) in [6.45, 7) is 1.30. The number of rotatable bonds is 4. The van der Waals surface area contributed by atoms with Crippen LogP contribution in [-0.2, 0) is 15.8 Å². The Kier molecular flexibility index (Phi) is 5.74. The van der Waals surface area contributed by atoms with E-state index in [-0.39, 0.29) is 17.5 Å². The van der Waals surface area contributed by atoms with Gasteiger partial charge < -0.3 is 10.6 Å². The molecular weight excluding hydrogens is 345 g/mol. The molecule has 1 aliphatic carbocycles. The Bertz CT molecular complexity index is 628. The Morgan fingerprint density at radius 2 is 1.88 bits per heavy atom. The van der Waals surface area contributed by atoms with Gasteiger partial charge in [0.1, 0.15) is 6.04 Å². The lowest BCUT2D eigenvalue weighted by Crippen LogP contribution is -2.47. The number of benzene rings is 1. The van der Waals surface area contributed by atoms with Gasteiger partial charge in [0.15, 0.2) is 0 Å². The molecule has 1 aliphatic rings. The summed E-state index contributed by atoms with van der Waals surface area (Å²) in [7, 11) is 0. The van der Waals surface area contributed by atoms with Crippen LogP contribution in [0.5, 0.6) is 0 Å². The molecule has 0 heterocycles. The van der Waals surface area contributed by atoms with E-state index in [0.717, 1.165) is 37.8 Å². The molecule has 132 valence electrons. The van der Waals surface area contributed by atoms with Crippen molar-refractivity contribution in [3.8, 4) is 0 Å². The predicted octanol–water partition coefficient (Wildman–Crippen LogP) is 3.99. The quantitative estimate of drug-likeness (QED) is 0.850. The van der Waals surface area contributed by atoms with Gasteiger partial charge in [-0.2, -0.15) is 13.2 Å². The molecule has 2 rings (SSSR count). The fraction of sp³-hybridized carbons (Fsp3) is 0.500. The lowest BCUT2D eigenvalue weighted by Gasteiger charge is -2.23. The van der Waals surface area contributed by atoms with Gasteiger partial charge in [-0.15, -0.1) is 0 Å². The van der Waals surface area contributed by atoms with Crippen LogP contribution in [0.15, 0.2) is 18.2 Å². The molecule has 1 fully saturated rings. The van der Waals surface area contributed by atoms with E-state index < -0.39 is 28.7 Å². The zero-order valence-corrected chi connectivity index (χ0v) is 13.8. The second-order valence-electron chi connectivity index (χ2n) is 5.90. The van der Waals surface area contributed by atoms with Crippen molar-refractivity contribution >= 4 is 29.1 Å². The Labute approximate surface area is 142 Å². The molecular formula is C16H18ClF3N2O2. The van der Waals surface area contributed by atoms with Crippen molar-refractivity contribution in [3.63, 3.8) is 0 Å². The number of halogens is 4. The maximum atomic E-state index is 12.9. The molecule has 4 nitrogen and oxygen atoms in total. The van der Waals surface area contributed by atoms with Crippen LogP contribution in [0.2, 0.25) is 5.02 Å². The topological polar surface area (TPSA) is 58.2 Å². The summed E-state index contributed by atoms with van der Waals surface area (Å²) in [5, 5.41) is 4.62. The van der Waals surface area contributed by atoms with Crippen LogP contribution in [0.4, 0.5) is 18.9 Å². The van der Waals surface area contributed by atoms with Crippen LogP contribution in [0, 0.1) is 5.92 Å². The molecule has 0 aliphatic heterocycles. The first-order chi connectivity index (χ1) is 11.2. The fourth-order valence-electron chi connectivity index (χ4n) is 2.95. The van der Waals surface area contributed by atoms with Crippen molar-refractivity contribution < 1.29 is 22.8 Å². The standard InChI is InChI=1S/C16H18ClF3N2O2/c1-9(23)21-14(10-4-2-3-5-10)15(24)22-11-6-7-13(17)12(8-11)16(18,19)20/h6-8,10,14H,2-5H2,1H3,(H,21,23)(H,22,24). The van der Waals surface area contributed by atoms with Gasteiger partial charge in [-0.05, 0) is 37.0 Å². The average Bonchev–Trinajstić information content (AvgIpc) is 2.99. The second-order valence-corrected chi connectivity index (χ2v) is 6.31. The number of alkyl halides is 3. The minimum Gasteiger partial charge on any atom is -0.344 e. The number of hydrogen-bond acceptors (Lipinski definition) is 2. The number of hydrogen-bond donors (Lipinski definition) is 2. The summed E-state index contributed by atoms with van der Waals surface area (Å²) in [5.41, 5.74) is -1.02. The van der Waals surface area contributed by atoms with Crippen molar-refractivity contribution in [3.05, 3.63) is 28.8 Å². The molecule has 2 amide bonds. The molecule has 24 heavy (non-hydrogen) atoms. The van der Waals surface area contributed by atoms with E-state index >= 15 is 0 Å². The van der Waals surface area contributed by atoms with Gasteiger partial charge in [0.2, 0.25) is 11.8 Å². The predicted molar refractivity (Wildman–Crippen MR) is 84.6 cm³/mol. The van der Waals surface area contributed by atoms with Crippen molar-refractivity contribution in [2.75, 3.05) is 5.32 Å². The minimum atomic E-state index is -4.61. The smallest absolute Gasteiger partial charge is 0.344 e. The van der Waals surface area contributed by atoms with Gasteiger partial charge in [0, 0.05) is 12.6 Å². The van der Waals surface area contributed by atoms with Crippen molar-refractivity contribution in [1.29, 1.82) is 0 Å². The highest BCUT2D eigenvalue weighted by atomic mass is 35.5. The zero-order valence-electron chi connectivity index (χ0n) is 13.0. The largest absolute Gasteiger partial charge is 0.417 e. The number of nitrogens with one attached hydrogen (secondary N) is 2. The van der Waals surface area contributed by atoms with E-state index in [4.69, 9.17) is 11.6 Å². The molecule has 1 atom stereocenters. The number of carbonyl (C=O) groups is 2. The molecule has 0 radical (unpaired) electrons. The van der Waals surface area contributed by atoms with Crippen molar-refractivity contribution in [2.24, 2.45) is 5.92 Å². The molecule has 0 bridgehead atoms. The first-order valence-electron chi connectivity index (χ1n) is 7.63. The van der Waals surface area contributed by atoms with E-state index in [1.165, 1.54) is 13.0 Å². The number of amides is 2. The van der Waals surface area contributed by atoms with Crippen LogP contribution in [-0.4, -0.2) is 17.9 Å². The minimum absolute atomic E-state index is 0.00919. The summed E-state index contributed by atoms with van der Waals surface area (Å²) in [6.07, 6.45) is -1.08. The zero-order chi connectivity index (χ0) is 17.9. The molecule has 2 N–H and O–H groups in total. The van der Waals surface area contributed by atoms with E-state index in [2.05, 4.69) is 10.6 Å². The number of carbonyl (C=O) groups excluding carboxylic acids is 2. The Hall–Kier alpha value is -1.76. The van der Waals surface area contributed by atoms with Gasteiger partial charge in [-0.3, -0.25) is 9.59 Å².